The highest BCUT2D eigenvalue weighted by Gasteiger charge is 2.01. The zero-order valence-corrected chi connectivity index (χ0v) is 10.0. The van der Waals surface area contributed by atoms with E-state index in [0.29, 0.717) is 6.04 Å². The third kappa shape index (κ3) is 5.78. The fraction of sp³-hybridized carbons (Fsp3) is 0.778. The highest BCUT2D eigenvalue weighted by molar-refractivity contribution is 6.99. The van der Waals surface area contributed by atoms with Gasteiger partial charge in [0.2, 0.25) is 0 Å². The molecule has 0 radical (unpaired) electrons. The SMILES string of the molecule is COCCNCC(C)NCc1cnsn1. The van der Waals surface area contributed by atoms with Crippen molar-refractivity contribution in [1.82, 2.24) is 19.4 Å². The van der Waals surface area contributed by atoms with Crippen LogP contribution >= 0.6 is 11.7 Å². The minimum atomic E-state index is 0.420. The highest BCUT2D eigenvalue weighted by Crippen LogP contribution is 1.94. The molecule has 5 nitrogen and oxygen atoms in total. The third-order valence-corrected chi connectivity index (χ3v) is 2.49. The van der Waals surface area contributed by atoms with Crippen molar-refractivity contribution < 1.29 is 4.74 Å². The van der Waals surface area contributed by atoms with E-state index in [-0.39, 0.29) is 0 Å². The van der Waals surface area contributed by atoms with Crippen molar-refractivity contribution in [3.63, 3.8) is 0 Å². The molecule has 6 heteroatoms. The predicted molar refractivity (Wildman–Crippen MR) is 61.0 cm³/mol. The van der Waals surface area contributed by atoms with E-state index in [1.54, 1.807) is 13.3 Å². The molecule has 0 saturated carbocycles. The molecule has 1 aromatic heterocycles. The van der Waals surface area contributed by atoms with Gasteiger partial charge in [-0.05, 0) is 6.92 Å². The lowest BCUT2D eigenvalue weighted by Gasteiger charge is -2.13. The van der Waals surface area contributed by atoms with Gasteiger partial charge in [-0.1, -0.05) is 0 Å². The van der Waals surface area contributed by atoms with Crippen LogP contribution in [0.1, 0.15) is 12.6 Å². The van der Waals surface area contributed by atoms with Crippen molar-refractivity contribution in [2.24, 2.45) is 0 Å². The normalized spacial score (nSPS) is 12.9. The molecular formula is C9H18N4OS. The Labute approximate surface area is 94.6 Å². The molecule has 0 bridgehead atoms. The Morgan fingerprint density at radius 2 is 2.47 bits per heavy atom. The molecule has 2 N–H and O–H groups in total. The van der Waals surface area contributed by atoms with E-state index in [2.05, 4.69) is 26.3 Å². The topological polar surface area (TPSA) is 59.1 Å². The maximum atomic E-state index is 4.94. The second-order valence-corrected chi connectivity index (χ2v) is 3.93. The van der Waals surface area contributed by atoms with Gasteiger partial charge in [0.05, 0.1) is 30.2 Å². The van der Waals surface area contributed by atoms with Gasteiger partial charge in [-0.2, -0.15) is 8.75 Å². The fourth-order valence-corrected chi connectivity index (χ4v) is 1.54. The van der Waals surface area contributed by atoms with Gasteiger partial charge in [-0.15, -0.1) is 0 Å². The minimum Gasteiger partial charge on any atom is -0.383 e. The molecule has 1 heterocycles. The van der Waals surface area contributed by atoms with E-state index in [1.165, 1.54) is 11.7 Å². The molecule has 1 rings (SSSR count). The second-order valence-electron chi connectivity index (χ2n) is 3.38. The van der Waals surface area contributed by atoms with E-state index in [1.807, 2.05) is 0 Å². The first-order valence-electron chi connectivity index (χ1n) is 5.02. The Balaban J connectivity index is 2.01. The van der Waals surface area contributed by atoms with Crippen LogP contribution in [0.5, 0.6) is 0 Å². The summed E-state index contributed by atoms with van der Waals surface area (Å²) in [7, 11) is 1.71. The summed E-state index contributed by atoms with van der Waals surface area (Å²) in [4.78, 5) is 0. The Morgan fingerprint density at radius 1 is 1.60 bits per heavy atom. The quantitative estimate of drug-likeness (QED) is 0.627. The number of nitrogens with zero attached hydrogens (tertiary/aromatic N) is 2. The van der Waals surface area contributed by atoms with Crippen molar-refractivity contribution in [2.45, 2.75) is 19.5 Å². The maximum absolute atomic E-state index is 4.94. The number of nitrogens with one attached hydrogen (secondary N) is 2. The summed E-state index contributed by atoms with van der Waals surface area (Å²) in [6.45, 7) is 5.49. The molecule has 0 aromatic carbocycles. The van der Waals surface area contributed by atoms with Crippen molar-refractivity contribution in [1.29, 1.82) is 0 Å². The zero-order chi connectivity index (χ0) is 10.9. The average molecular weight is 230 g/mol. The molecule has 0 amide bonds. The Kier molecular flexibility index (Phi) is 6.42. The van der Waals surface area contributed by atoms with E-state index in [0.717, 1.165) is 31.9 Å². The second kappa shape index (κ2) is 7.70. The van der Waals surface area contributed by atoms with Crippen LogP contribution < -0.4 is 10.6 Å². The van der Waals surface area contributed by atoms with Crippen LogP contribution in [0.25, 0.3) is 0 Å². The molecule has 0 aliphatic carbocycles. The van der Waals surface area contributed by atoms with Crippen LogP contribution in [0.15, 0.2) is 6.20 Å². The monoisotopic (exact) mass is 230 g/mol. The van der Waals surface area contributed by atoms with Crippen LogP contribution in [0.2, 0.25) is 0 Å². The molecule has 0 fully saturated rings. The maximum Gasteiger partial charge on any atom is 0.0880 e. The van der Waals surface area contributed by atoms with Gasteiger partial charge in [-0.3, -0.25) is 0 Å². The molecule has 1 atom stereocenters. The fourth-order valence-electron chi connectivity index (χ4n) is 1.11. The lowest BCUT2D eigenvalue weighted by atomic mass is 10.3. The summed E-state index contributed by atoms with van der Waals surface area (Å²) >= 11 is 1.24. The summed E-state index contributed by atoms with van der Waals surface area (Å²) in [6.07, 6.45) is 1.79. The molecule has 1 unspecified atom stereocenters. The van der Waals surface area contributed by atoms with Gasteiger partial charge in [0.15, 0.2) is 0 Å². The lowest BCUT2D eigenvalue weighted by Crippen LogP contribution is -2.37. The van der Waals surface area contributed by atoms with Crippen molar-refractivity contribution in [2.75, 3.05) is 26.8 Å². The largest absolute Gasteiger partial charge is 0.383 e. The summed E-state index contributed by atoms with van der Waals surface area (Å²) < 4.78 is 13.0. The lowest BCUT2D eigenvalue weighted by molar-refractivity contribution is 0.198. The molecule has 86 valence electrons. The van der Waals surface area contributed by atoms with Gasteiger partial charge in [0.1, 0.15) is 0 Å². The molecule has 1 aromatic rings. The van der Waals surface area contributed by atoms with E-state index >= 15 is 0 Å². The van der Waals surface area contributed by atoms with Gasteiger partial charge in [-0.25, -0.2) is 0 Å². The first-order valence-corrected chi connectivity index (χ1v) is 5.75. The summed E-state index contributed by atoms with van der Waals surface area (Å²) in [5.74, 6) is 0. The van der Waals surface area contributed by atoms with E-state index in [9.17, 15) is 0 Å². The van der Waals surface area contributed by atoms with Crippen LogP contribution in [0.4, 0.5) is 0 Å². The van der Waals surface area contributed by atoms with Gasteiger partial charge in [0, 0.05) is 32.8 Å². The average Bonchev–Trinajstić information content (AvgIpc) is 2.74. The first-order chi connectivity index (χ1) is 7.33. The Hall–Kier alpha value is -0.560. The number of rotatable bonds is 8. The van der Waals surface area contributed by atoms with E-state index < -0.39 is 0 Å². The van der Waals surface area contributed by atoms with Crippen LogP contribution in [-0.4, -0.2) is 41.6 Å². The van der Waals surface area contributed by atoms with Crippen molar-refractivity contribution in [3.05, 3.63) is 11.9 Å². The molecule has 0 aliphatic rings. The van der Waals surface area contributed by atoms with E-state index in [4.69, 9.17) is 4.74 Å². The van der Waals surface area contributed by atoms with Crippen LogP contribution in [-0.2, 0) is 11.3 Å². The standard InChI is InChI=1S/C9H18N4OS/c1-8(5-10-3-4-14-2)11-6-9-7-12-15-13-9/h7-8,10-11H,3-6H2,1-2H3. The molecular weight excluding hydrogens is 212 g/mol. The summed E-state index contributed by atoms with van der Waals surface area (Å²) in [6, 6.07) is 0.420. The summed E-state index contributed by atoms with van der Waals surface area (Å²) in [5, 5.41) is 6.66. The van der Waals surface area contributed by atoms with Crippen LogP contribution in [0.3, 0.4) is 0 Å². The number of ether oxygens (including phenoxy) is 1. The Bertz CT molecular complexity index is 242. The van der Waals surface area contributed by atoms with Gasteiger partial charge >= 0.3 is 0 Å². The molecule has 15 heavy (non-hydrogen) atoms. The highest BCUT2D eigenvalue weighted by atomic mass is 32.1. The molecule has 0 aliphatic heterocycles. The zero-order valence-electron chi connectivity index (χ0n) is 9.19. The number of methoxy groups -OCH3 is 1. The predicted octanol–water partition coefficient (Wildman–Crippen LogP) is 0.252. The first kappa shape index (κ1) is 12.5. The number of hydrogen-bond acceptors (Lipinski definition) is 6. The van der Waals surface area contributed by atoms with Crippen molar-refractivity contribution >= 4 is 11.7 Å². The Morgan fingerprint density at radius 3 is 3.13 bits per heavy atom. The molecule has 0 saturated heterocycles. The van der Waals surface area contributed by atoms with Crippen molar-refractivity contribution in [3.8, 4) is 0 Å². The third-order valence-electron chi connectivity index (χ3n) is 1.97. The smallest absolute Gasteiger partial charge is 0.0880 e. The van der Waals surface area contributed by atoms with Crippen LogP contribution in [0, 0.1) is 0 Å². The van der Waals surface area contributed by atoms with Gasteiger partial charge < -0.3 is 15.4 Å². The molecule has 0 spiro atoms. The number of hydrogen-bond donors (Lipinski definition) is 2. The minimum absolute atomic E-state index is 0.420. The summed E-state index contributed by atoms with van der Waals surface area (Å²) in [5.41, 5.74) is 1.00. The number of aromatic nitrogens is 2. The van der Waals surface area contributed by atoms with Gasteiger partial charge in [0.25, 0.3) is 0 Å².